The maximum absolute atomic E-state index is 4.14. The van der Waals surface area contributed by atoms with Gasteiger partial charge in [0.2, 0.25) is 0 Å². The molecule has 2 heterocycles. The summed E-state index contributed by atoms with van der Waals surface area (Å²) in [5, 5.41) is 3.11. The normalized spacial score (nSPS) is 9.79. The van der Waals surface area contributed by atoms with Crippen LogP contribution in [0.15, 0.2) is 36.9 Å². The van der Waals surface area contributed by atoms with Crippen LogP contribution in [0.4, 0.5) is 11.6 Å². The molecule has 4 nitrogen and oxygen atoms in total. The second-order valence-corrected chi connectivity index (χ2v) is 2.89. The molecule has 0 radical (unpaired) electrons. The quantitative estimate of drug-likeness (QED) is 0.778. The van der Waals surface area contributed by atoms with Gasteiger partial charge in [0, 0.05) is 18.0 Å². The zero-order valence-corrected chi connectivity index (χ0v) is 7.81. The van der Waals surface area contributed by atoms with Crippen LogP contribution >= 0.6 is 0 Å². The molecular weight excluding hydrogens is 176 g/mol. The van der Waals surface area contributed by atoms with Crippen molar-refractivity contribution in [2.45, 2.75) is 6.92 Å². The largest absolute Gasteiger partial charge is 0.325 e. The van der Waals surface area contributed by atoms with E-state index in [9.17, 15) is 0 Å². The van der Waals surface area contributed by atoms with Gasteiger partial charge in [-0.3, -0.25) is 0 Å². The second-order valence-electron chi connectivity index (χ2n) is 2.89. The van der Waals surface area contributed by atoms with E-state index in [1.165, 1.54) is 6.33 Å². The van der Waals surface area contributed by atoms with Gasteiger partial charge in [-0.25, -0.2) is 15.0 Å². The van der Waals surface area contributed by atoms with Crippen LogP contribution in [0.25, 0.3) is 0 Å². The summed E-state index contributed by atoms with van der Waals surface area (Å²) in [6.45, 7) is 1.95. The van der Waals surface area contributed by atoms with Crippen molar-refractivity contribution < 1.29 is 0 Å². The molecule has 0 atom stereocenters. The molecule has 0 fully saturated rings. The van der Waals surface area contributed by atoms with E-state index in [0.29, 0.717) is 0 Å². The fraction of sp³-hybridized carbons (Fsp3) is 0.100. The highest BCUT2D eigenvalue weighted by Crippen LogP contribution is 2.13. The first-order valence-electron chi connectivity index (χ1n) is 4.31. The van der Waals surface area contributed by atoms with E-state index in [4.69, 9.17) is 0 Å². The molecule has 2 aromatic heterocycles. The number of hydrogen-bond donors (Lipinski definition) is 1. The maximum Gasteiger partial charge on any atom is 0.137 e. The van der Waals surface area contributed by atoms with Crippen molar-refractivity contribution >= 4 is 11.6 Å². The van der Waals surface area contributed by atoms with Crippen LogP contribution in [0.5, 0.6) is 0 Å². The monoisotopic (exact) mass is 186 g/mol. The molecule has 14 heavy (non-hydrogen) atoms. The van der Waals surface area contributed by atoms with E-state index in [1.807, 2.05) is 25.1 Å². The molecule has 0 bridgehead atoms. The Morgan fingerprint density at radius 3 is 2.86 bits per heavy atom. The molecule has 0 aromatic carbocycles. The van der Waals surface area contributed by atoms with E-state index in [0.717, 1.165) is 17.2 Å². The van der Waals surface area contributed by atoms with Crippen molar-refractivity contribution in [2.75, 3.05) is 5.32 Å². The summed E-state index contributed by atoms with van der Waals surface area (Å²) in [6, 6.07) is 5.69. The Bertz CT molecular complexity index is 413. The Hall–Kier alpha value is -1.97. The van der Waals surface area contributed by atoms with Crippen LogP contribution in [-0.2, 0) is 0 Å². The number of anilines is 2. The van der Waals surface area contributed by atoms with Gasteiger partial charge in [0.1, 0.15) is 18.0 Å². The van der Waals surface area contributed by atoms with Gasteiger partial charge in [-0.1, -0.05) is 6.07 Å². The number of hydrogen-bond acceptors (Lipinski definition) is 4. The molecule has 0 saturated heterocycles. The summed E-state index contributed by atoms with van der Waals surface area (Å²) in [5.74, 6) is 1.58. The SMILES string of the molecule is Cc1cncnc1Nc1ccccn1. The van der Waals surface area contributed by atoms with Gasteiger partial charge < -0.3 is 5.32 Å². The highest BCUT2D eigenvalue weighted by atomic mass is 15.1. The molecule has 0 amide bonds. The Balaban J connectivity index is 2.24. The predicted molar refractivity (Wildman–Crippen MR) is 54.3 cm³/mol. The van der Waals surface area contributed by atoms with E-state index < -0.39 is 0 Å². The highest BCUT2D eigenvalue weighted by molar-refractivity contribution is 5.54. The molecular formula is C10H10N4. The number of aryl methyl sites for hydroxylation is 1. The summed E-state index contributed by atoms with van der Waals surface area (Å²) in [5.41, 5.74) is 0.998. The number of pyridine rings is 1. The van der Waals surface area contributed by atoms with Gasteiger partial charge in [0.25, 0.3) is 0 Å². The smallest absolute Gasteiger partial charge is 0.137 e. The van der Waals surface area contributed by atoms with Crippen LogP contribution < -0.4 is 5.32 Å². The van der Waals surface area contributed by atoms with Gasteiger partial charge in [0.05, 0.1) is 0 Å². The molecule has 0 aliphatic rings. The van der Waals surface area contributed by atoms with Crippen molar-refractivity contribution in [1.82, 2.24) is 15.0 Å². The summed E-state index contributed by atoms with van der Waals surface area (Å²) in [6.07, 6.45) is 5.01. The molecule has 0 unspecified atom stereocenters. The minimum Gasteiger partial charge on any atom is -0.325 e. The van der Waals surface area contributed by atoms with E-state index in [1.54, 1.807) is 12.4 Å². The van der Waals surface area contributed by atoms with Crippen LogP contribution in [0.1, 0.15) is 5.56 Å². The number of rotatable bonds is 2. The molecule has 0 saturated carbocycles. The van der Waals surface area contributed by atoms with Crippen LogP contribution in [0, 0.1) is 6.92 Å². The molecule has 2 aromatic rings. The average Bonchev–Trinajstić information content (AvgIpc) is 2.23. The van der Waals surface area contributed by atoms with Crippen molar-refractivity contribution in [2.24, 2.45) is 0 Å². The average molecular weight is 186 g/mol. The van der Waals surface area contributed by atoms with E-state index >= 15 is 0 Å². The fourth-order valence-electron chi connectivity index (χ4n) is 1.09. The van der Waals surface area contributed by atoms with Crippen molar-refractivity contribution in [3.8, 4) is 0 Å². The van der Waals surface area contributed by atoms with E-state index in [2.05, 4.69) is 20.3 Å². The standard InChI is InChI=1S/C10H10N4/c1-8-6-11-7-13-10(8)14-9-4-2-3-5-12-9/h2-7H,1H3,(H,11,12,13,14). The zero-order chi connectivity index (χ0) is 9.80. The van der Waals surface area contributed by atoms with Crippen LogP contribution in [-0.4, -0.2) is 15.0 Å². The third kappa shape index (κ3) is 1.85. The third-order valence-corrected chi connectivity index (χ3v) is 1.81. The maximum atomic E-state index is 4.14. The molecule has 0 aliphatic heterocycles. The van der Waals surface area contributed by atoms with Gasteiger partial charge in [-0.2, -0.15) is 0 Å². The Morgan fingerprint density at radius 1 is 1.21 bits per heavy atom. The predicted octanol–water partition coefficient (Wildman–Crippen LogP) is 1.92. The van der Waals surface area contributed by atoms with Gasteiger partial charge >= 0.3 is 0 Å². The number of aromatic nitrogens is 3. The van der Waals surface area contributed by atoms with E-state index in [-0.39, 0.29) is 0 Å². The summed E-state index contributed by atoms with van der Waals surface area (Å²) in [7, 11) is 0. The minimum absolute atomic E-state index is 0.786. The number of nitrogens with one attached hydrogen (secondary N) is 1. The molecule has 0 aliphatic carbocycles. The lowest BCUT2D eigenvalue weighted by atomic mass is 10.3. The molecule has 1 N–H and O–H groups in total. The third-order valence-electron chi connectivity index (χ3n) is 1.81. The molecule has 2 rings (SSSR count). The summed E-state index contributed by atoms with van der Waals surface area (Å²) >= 11 is 0. The van der Waals surface area contributed by atoms with Crippen molar-refractivity contribution in [3.63, 3.8) is 0 Å². The lowest BCUT2D eigenvalue weighted by molar-refractivity contribution is 1.12. The first-order chi connectivity index (χ1) is 6.86. The minimum atomic E-state index is 0.786. The van der Waals surface area contributed by atoms with Crippen molar-refractivity contribution in [3.05, 3.63) is 42.5 Å². The van der Waals surface area contributed by atoms with Gasteiger partial charge in [-0.05, 0) is 19.1 Å². The number of nitrogens with zero attached hydrogens (tertiary/aromatic N) is 3. The topological polar surface area (TPSA) is 50.7 Å². The first-order valence-corrected chi connectivity index (χ1v) is 4.31. The van der Waals surface area contributed by atoms with Gasteiger partial charge in [0.15, 0.2) is 0 Å². The van der Waals surface area contributed by atoms with Crippen LogP contribution in [0.3, 0.4) is 0 Å². The Labute approximate surface area is 82.1 Å². The zero-order valence-electron chi connectivity index (χ0n) is 7.81. The Kier molecular flexibility index (Phi) is 2.36. The highest BCUT2D eigenvalue weighted by Gasteiger charge is 1.98. The van der Waals surface area contributed by atoms with Crippen molar-refractivity contribution in [1.29, 1.82) is 0 Å². The second kappa shape index (κ2) is 3.83. The molecule has 0 spiro atoms. The summed E-state index contributed by atoms with van der Waals surface area (Å²) < 4.78 is 0. The Morgan fingerprint density at radius 2 is 2.14 bits per heavy atom. The lowest BCUT2D eigenvalue weighted by Crippen LogP contribution is -1.98. The lowest BCUT2D eigenvalue weighted by Gasteiger charge is -2.05. The molecule has 4 heteroatoms. The van der Waals surface area contributed by atoms with Crippen LogP contribution in [0.2, 0.25) is 0 Å². The fourth-order valence-corrected chi connectivity index (χ4v) is 1.09. The first kappa shape index (κ1) is 8.62. The summed E-state index contributed by atoms with van der Waals surface area (Å²) in [4.78, 5) is 12.2. The molecule has 70 valence electrons. The van der Waals surface area contributed by atoms with Gasteiger partial charge in [-0.15, -0.1) is 0 Å².